The number of nitrogens with two attached hydrogens (primary N) is 1. The van der Waals surface area contributed by atoms with Crippen molar-refractivity contribution >= 4 is 44.8 Å². The van der Waals surface area contributed by atoms with Crippen molar-refractivity contribution < 1.29 is 14.7 Å². The Morgan fingerprint density at radius 3 is 2.70 bits per heavy atom. The summed E-state index contributed by atoms with van der Waals surface area (Å²) in [5, 5.41) is 13.4. The fraction of sp³-hybridized carbons (Fsp3) is 0.0769. The molecule has 1 amide bonds. The maximum absolute atomic E-state index is 12.0. The van der Waals surface area contributed by atoms with Crippen LogP contribution >= 0.6 is 27.3 Å². The normalized spacial score (nSPS) is 11.9. The average molecular weight is 355 g/mol. The molecule has 0 aliphatic rings. The standard InChI is InChI=1S/C13H11BrN2O3S/c14-8-4-3-7(13(18)19)6-9(8)16-12(17)11(15)10-2-1-5-20-10/h1-6,11H,15H2,(H,16,17)(H,18,19). The number of carbonyl (C=O) groups is 2. The molecule has 1 heterocycles. The van der Waals surface area contributed by atoms with Gasteiger partial charge in [0.15, 0.2) is 0 Å². The van der Waals surface area contributed by atoms with Crippen LogP contribution in [0.25, 0.3) is 0 Å². The van der Waals surface area contributed by atoms with E-state index >= 15 is 0 Å². The van der Waals surface area contributed by atoms with Gasteiger partial charge in [0.2, 0.25) is 5.91 Å². The molecule has 0 saturated carbocycles. The second kappa shape index (κ2) is 6.17. The molecule has 2 rings (SSSR count). The lowest BCUT2D eigenvalue weighted by Crippen LogP contribution is -2.27. The van der Waals surface area contributed by atoms with Gasteiger partial charge in [-0.25, -0.2) is 4.79 Å². The molecule has 1 atom stereocenters. The van der Waals surface area contributed by atoms with Crippen LogP contribution in [0.5, 0.6) is 0 Å². The van der Waals surface area contributed by atoms with Gasteiger partial charge in [-0.2, -0.15) is 0 Å². The lowest BCUT2D eigenvalue weighted by atomic mass is 10.2. The number of benzene rings is 1. The van der Waals surface area contributed by atoms with Crippen molar-refractivity contribution in [3.63, 3.8) is 0 Å². The summed E-state index contributed by atoms with van der Waals surface area (Å²) in [6.07, 6.45) is 0. The molecular weight excluding hydrogens is 344 g/mol. The van der Waals surface area contributed by atoms with E-state index in [2.05, 4.69) is 21.2 Å². The molecule has 1 unspecified atom stereocenters. The maximum Gasteiger partial charge on any atom is 0.335 e. The molecule has 0 radical (unpaired) electrons. The number of carboxylic acids is 1. The number of anilines is 1. The number of carbonyl (C=O) groups excluding carboxylic acids is 1. The van der Waals surface area contributed by atoms with Gasteiger partial charge in [0.25, 0.3) is 0 Å². The highest BCUT2D eigenvalue weighted by Crippen LogP contribution is 2.25. The Bertz CT molecular complexity index is 643. The molecule has 5 nitrogen and oxygen atoms in total. The monoisotopic (exact) mass is 354 g/mol. The van der Waals surface area contributed by atoms with Crippen molar-refractivity contribution in [2.75, 3.05) is 5.32 Å². The summed E-state index contributed by atoms with van der Waals surface area (Å²) in [5.41, 5.74) is 6.31. The van der Waals surface area contributed by atoms with Gasteiger partial charge >= 0.3 is 5.97 Å². The lowest BCUT2D eigenvalue weighted by molar-refractivity contribution is -0.117. The third kappa shape index (κ3) is 3.24. The van der Waals surface area contributed by atoms with E-state index in [1.165, 1.54) is 23.5 Å². The summed E-state index contributed by atoms with van der Waals surface area (Å²) in [7, 11) is 0. The zero-order valence-electron chi connectivity index (χ0n) is 10.2. The van der Waals surface area contributed by atoms with Gasteiger partial charge in [-0.3, -0.25) is 4.79 Å². The molecule has 0 spiro atoms. The highest BCUT2D eigenvalue weighted by molar-refractivity contribution is 9.10. The Balaban J connectivity index is 2.19. The van der Waals surface area contributed by atoms with Gasteiger partial charge in [0.05, 0.1) is 11.3 Å². The van der Waals surface area contributed by atoms with Crippen LogP contribution in [0.4, 0.5) is 5.69 Å². The summed E-state index contributed by atoms with van der Waals surface area (Å²) >= 11 is 4.65. The number of hydrogen-bond acceptors (Lipinski definition) is 4. The van der Waals surface area contributed by atoms with E-state index in [4.69, 9.17) is 10.8 Å². The molecule has 0 aliphatic carbocycles. The summed E-state index contributed by atoms with van der Waals surface area (Å²) in [4.78, 5) is 23.7. The third-order valence-corrected chi connectivity index (χ3v) is 4.25. The van der Waals surface area contributed by atoms with Gasteiger partial charge < -0.3 is 16.2 Å². The summed E-state index contributed by atoms with van der Waals surface area (Å²) < 4.78 is 0.592. The van der Waals surface area contributed by atoms with Crippen molar-refractivity contribution in [3.05, 3.63) is 50.6 Å². The number of halogens is 1. The van der Waals surface area contributed by atoms with Crippen LogP contribution in [-0.2, 0) is 4.79 Å². The van der Waals surface area contributed by atoms with Gasteiger partial charge in [0.1, 0.15) is 6.04 Å². The Morgan fingerprint density at radius 2 is 2.10 bits per heavy atom. The minimum atomic E-state index is -1.06. The fourth-order valence-corrected chi connectivity index (χ4v) is 2.63. The largest absolute Gasteiger partial charge is 0.478 e. The number of nitrogens with one attached hydrogen (secondary N) is 1. The third-order valence-electron chi connectivity index (χ3n) is 2.60. The first kappa shape index (κ1) is 14.7. The molecule has 0 fully saturated rings. The smallest absolute Gasteiger partial charge is 0.335 e. The summed E-state index contributed by atoms with van der Waals surface area (Å²) in [6.45, 7) is 0. The topological polar surface area (TPSA) is 92.4 Å². The van der Waals surface area contributed by atoms with Gasteiger partial charge in [0, 0.05) is 9.35 Å². The average Bonchev–Trinajstić information content (AvgIpc) is 2.94. The molecule has 1 aromatic carbocycles. The van der Waals surface area contributed by atoms with Crippen LogP contribution in [0.3, 0.4) is 0 Å². The molecule has 0 aliphatic heterocycles. The lowest BCUT2D eigenvalue weighted by Gasteiger charge is -2.12. The number of hydrogen-bond donors (Lipinski definition) is 3. The van der Waals surface area contributed by atoms with E-state index < -0.39 is 17.9 Å². The first-order valence-electron chi connectivity index (χ1n) is 5.61. The molecule has 7 heteroatoms. The van der Waals surface area contributed by atoms with E-state index in [-0.39, 0.29) is 5.56 Å². The van der Waals surface area contributed by atoms with Crippen LogP contribution in [0.15, 0.2) is 40.2 Å². The van der Waals surface area contributed by atoms with Gasteiger partial charge in [-0.05, 0) is 45.6 Å². The van der Waals surface area contributed by atoms with Crippen molar-refractivity contribution in [3.8, 4) is 0 Å². The maximum atomic E-state index is 12.0. The van der Waals surface area contributed by atoms with Gasteiger partial charge in [-0.15, -0.1) is 11.3 Å². The number of carboxylic acid groups (broad SMARTS) is 1. The van der Waals surface area contributed by atoms with E-state index in [0.717, 1.165) is 4.88 Å². The van der Waals surface area contributed by atoms with E-state index in [9.17, 15) is 9.59 Å². The van der Waals surface area contributed by atoms with Crippen molar-refractivity contribution in [1.29, 1.82) is 0 Å². The minimum Gasteiger partial charge on any atom is -0.478 e. The Morgan fingerprint density at radius 1 is 1.35 bits per heavy atom. The number of thiophene rings is 1. The SMILES string of the molecule is NC(C(=O)Nc1cc(C(=O)O)ccc1Br)c1cccs1. The number of rotatable bonds is 4. The zero-order chi connectivity index (χ0) is 14.7. The van der Waals surface area contributed by atoms with Crippen LogP contribution in [0.1, 0.15) is 21.3 Å². The summed E-state index contributed by atoms with van der Waals surface area (Å²) in [5.74, 6) is -1.45. The van der Waals surface area contributed by atoms with Crippen LogP contribution in [-0.4, -0.2) is 17.0 Å². The highest BCUT2D eigenvalue weighted by atomic mass is 79.9. The highest BCUT2D eigenvalue weighted by Gasteiger charge is 2.18. The van der Waals surface area contributed by atoms with Crippen LogP contribution in [0, 0.1) is 0 Å². The Labute approximate surface area is 127 Å². The Hall–Kier alpha value is -1.70. The van der Waals surface area contributed by atoms with E-state index in [0.29, 0.717) is 10.2 Å². The van der Waals surface area contributed by atoms with Crippen LogP contribution < -0.4 is 11.1 Å². The number of aromatic carboxylic acids is 1. The second-order valence-corrected chi connectivity index (χ2v) is 5.82. The zero-order valence-corrected chi connectivity index (χ0v) is 12.6. The molecule has 4 N–H and O–H groups in total. The molecule has 2 aromatic rings. The van der Waals surface area contributed by atoms with Crippen molar-refractivity contribution in [1.82, 2.24) is 0 Å². The molecule has 0 saturated heterocycles. The van der Waals surface area contributed by atoms with Gasteiger partial charge in [-0.1, -0.05) is 6.07 Å². The van der Waals surface area contributed by atoms with E-state index in [1.54, 1.807) is 12.1 Å². The van der Waals surface area contributed by atoms with E-state index in [1.807, 2.05) is 11.4 Å². The number of amides is 1. The second-order valence-electron chi connectivity index (χ2n) is 3.98. The van der Waals surface area contributed by atoms with Crippen LogP contribution in [0.2, 0.25) is 0 Å². The minimum absolute atomic E-state index is 0.0909. The van der Waals surface area contributed by atoms with Crippen molar-refractivity contribution in [2.45, 2.75) is 6.04 Å². The molecule has 1 aromatic heterocycles. The van der Waals surface area contributed by atoms with Crippen molar-refractivity contribution in [2.24, 2.45) is 5.73 Å². The first-order chi connectivity index (χ1) is 9.49. The molecule has 104 valence electrons. The molecular formula is C13H11BrN2O3S. The molecule has 0 bridgehead atoms. The predicted molar refractivity (Wildman–Crippen MR) is 81.0 cm³/mol. The first-order valence-corrected chi connectivity index (χ1v) is 7.29. The molecule has 20 heavy (non-hydrogen) atoms. The summed E-state index contributed by atoms with van der Waals surface area (Å²) in [6, 6.07) is 7.20. The Kier molecular flexibility index (Phi) is 4.53. The quantitative estimate of drug-likeness (QED) is 0.786. The predicted octanol–water partition coefficient (Wildman–Crippen LogP) is 2.85. The fourth-order valence-electron chi connectivity index (χ4n) is 1.56.